The maximum atomic E-state index is 6.76. The van der Waals surface area contributed by atoms with Crippen molar-refractivity contribution in [2.75, 3.05) is 0 Å². The Morgan fingerprint density at radius 3 is 1.09 bits per heavy atom. The lowest BCUT2D eigenvalue weighted by atomic mass is 9.55. The van der Waals surface area contributed by atoms with Crippen molar-refractivity contribution in [1.82, 2.24) is 29.9 Å². The molecule has 12 aromatic carbocycles. The van der Waals surface area contributed by atoms with Crippen molar-refractivity contribution in [2.24, 2.45) is 0 Å². The van der Waals surface area contributed by atoms with Gasteiger partial charge < -0.3 is 8.83 Å². The molecular weight excluding hydrogens is 1200 g/mol. The largest absolute Gasteiger partial charge is 0.456 e. The Bertz CT molecular complexity index is 5680. The lowest BCUT2D eigenvalue weighted by Gasteiger charge is -2.48. The predicted octanol–water partition coefficient (Wildman–Crippen LogP) is 23.3. The van der Waals surface area contributed by atoms with E-state index in [4.69, 9.17) is 38.7 Å². The molecule has 0 bridgehead atoms. The zero-order valence-corrected chi connectivity index (χ0v) is 56.1. The van der Waals surface area contributed by atoms with Crippen molar-refractivity contribution >= 4 is 43.9 Å². The number of benzene rings is 12. The summed E-state index contributed by atoms with van der Waals surface area (Å²) in [4.78, 5) is 29.4. The molecule has 0 saturated carbocycles. The maximum absolute atomic E-state index is 6.76. The Hall–Kier alpha value is -11.7. The highest BCUT2D eigenvalue weighted by Gasteiger charge is 2.48. The Kier molecular flexibility index (Phi) is 14.1. The van der Waals surface area contributed by atoms with Crippen LogP contribution in [0.15, 0.2) is 288 Å². The number of nitrogens with zero attached hydrogens (tertiary/aromatic N) is 6. The highest BCUT2D eigenvalue weighted by Crippen LogP contribution is 2.58. The molecule has 0 fully saturated rings. The van der Waals surface area contributed by atoms with E-state index in [0.717, 1.165) is 99.5 Å². The molecule has 472 valence electrons. The van der Waals surface area contributed by atoms with E-state index in [0.29, 0.717) is 34.9 Å². The fraction of sp³-hybridized carbons (Fsp3) is 0.133. The topological polar surface area (TPSA) is 104 Å². The van der Waals surface area contributed by atoms with Gasteiger partial charge in [-0.25, -0.2) is 29.9 Å². The summed E-state index contributed by atoms with van der Waals surface area (Å²) in [7, 11) is 0. The van der Waals surface area contributed by atoms with Crippen molar-refractivity contribution in [1.29, 1.82) is 0 Å². The van der Waals surface area contributed by atoms with Crippen molar-refractivity contribution in [3.05, 3.63) is 301 Å². The SMILES string of the molecule is CC1(C)c2ccccc2-c2cc3c(cc2C1(C)C)oc1ccc(-c2ccc(-c4nc(-c5ccccc5)nc(-c5ccccc5)n4)cc2)cc13.CC1(C)c2ccccc2-c2ccc3c(oc4ccc(-c5cccc(-c6nc(-c7ccccc7)nc(-c7ccccc7)n6)c5)cc43)c2C1(C)C. The van der Waals surface area contributed by atoms with E-state index in [9.17, 15) is 0 Å². The molecule has 0 unspecified atom stereocenters. The normalized spacial score (nSPS) is 14.4. The summed E-state index contributed by atoms with van der Waals surface area (Å²) in [6, 6.07) is 97.2. The second-order valence-corrected chi connectivity index (χ2v) is 28.2. The summed E-state index contributed by atoms with van der Waals surface area (Å²) >= 11 is 0. The molecule has 18 rings (SSSR count). The second-order valence-electron chi connectivity index (χ2n) is 28.2. The molecule has 0 N–H and O–H groups in total. The van der Waals surface area contributed by atoms with Crippen LogP contribution >= 0.6 is 0 Å². The number of furan rings is 2. The molecule has 16 aromatic rings. The van der Waals surface area contributed by atoms with Gasteiger partial charge in [0.2, 0.25) is 0 Å². The molecule has 0 aliphatic heterocycles. The van der Waals surface area contributed by atoms with Gasteiger partial charge >= 0.3 is 0 Å². The summed E-state index contributed by atoms with van der Waals surface area (Å²) in [6.07, 6.45) is 0. The molecule has 8 nitrogen and oxygen atoms in total. The van der Waals surface area contributed by atoms with Gasteiger partial charge in [0, 0.05) is 65.9 Å². The third-order valence-corrected chi connectivity index (χ3v) is 21.8. The summed E-state index contributed by atoms with van der Waals surface area (Å²) in [5, 5.41) is 4.53. The average molecular weight is 1270 g/mol. The highest BCUT2D eigenvalue weighted by atomic mass is 16.3. The summed E-state index contributed by atoms with van der Waals surface area (Å²) in [6.45, 7) is 18.9. The Morgan fingerprint density at radius 1 is 0.214 bits per heavy atom. The summed E-state index contributed by atoms with van der Waals surface area (Å²) in [5.74, 6) is 3.90. The van der Waals surface area contributed by atoms with Gasteiger partial charge in [0.05, 0.1) is 0 Å². The minimum Gasteiger partial charge on any atom is -0.456 e. The van der Waals surface area contributed by atoms with Crippen molar-refractivity contribution in [3.8, 4) is 113 Å². The number of fused-ring (bicyclic) bond motifs is 13. The molecule has 4 heterocycles. The van der Waals surface area contributed by atoms with Crippen LogP contribution in [0.5, 0.6) is 0 Å². The molecule has 8 heteroatoms. The summed E-state index contributed by atoms with van der Waals surface area (Å²) < 4.78 is 13.3. The van der Waals surface area contributed by atoms with Gasteiger partial charge in [0.15, 0.2) is 34.9 Å². The maximum Gasteiger partial charge on any atom is 0.164 e. The third-order valence-electron chi connectivity index (χ3n) is 21.8. The Morgan fingerprint density at radius 2 is 0.571 bits per heavy atom. The van der Waals surface area contributed by atoms with E-state index in [1.165, 1.54) is 44.5 Å². The first kappa shape index (κ1) is 60.0. The minimum absolute atomic E-state index is 0.0247. The Labute approximate surface area is 570 Å². The first-order valence-electron chi connectivity index (χ1n) is 33.7. The molecule has 0 saturated heterocycles. The van der Waals surface area contributed by atoms with E-state index >= 15 is 0 Å². The quantitative estimate of drug-likeness (QED) is 0.148. The second kappa shape index (κ2) is 23.0. The molecule has 2 aliphatic rings. The van der Waals surface area contributed by atoms with Crippen LogP contribution in [0, 0.1) is 0 Å². The molecule has 4 aromatic heterocycles. The first-order chi connectivity index (χ1) is 47.6. The van der Waals surface area contributed by atoms with E-state index in [1.54, 1.807) is 0 Å². The number of rotatable bonds is 8. The number of hydrogen-bond acceptors (Lipinski definition) is 8. The lowest BCUT2D eigenvalue weighted by Crippen LogP contribution is -2.43. The van der Waals surface area contributed by atoms with Crippen molar-refractivity contribution < 1.29 is 8.83 Å². The fourth-order valence-corrected chi connectivity index (χ4v) is 15.0. The fourth-order valence-electron chi connectivity index (χ4n) is 15.0. The average Bonchev–Trinajstić information content (AvgIpc) is 1.27. The van der Waals surface area contributed by atoms with E-state index in [2.05, 4.69) is 213 Å². The molecule has 0 spiro atoms. The molecule has 0 atom stereocenters. The van der Waals surface area contributed by atoms with Crippen LogP contribution in [0.2, 0.25) is 0 Å². The van der Waals surface area contributed by atoms with Crippen molar-refractivity contribution in [2.45, 2.75) is 77.0 Å². The molecule has 98 heavy (non-hydrogen) atoms. The Balaban J connectivity index is 0.000000147. The highest BCUT2D eigenvalue weighted by molar-refractivity contribution is 6.11. The van der Waals surface area contributed by atoms with Crippen LogP contribution in [0.3, 0.4) is 0 Å². The van der Waals surface area contributed by atoms with Crippen LogP contribution in [0.1, 0.15) is 77.6 Å². The van der Waals surface area contributed by atoms with Gasteiger partial charge in [-0.15, -0.1) is 0 Å². The molecular formula is C90H70N6O2. The van der Waals surface area contributed by atoms with Gasteiger partial charge in [-0.05, 0) is 126 Å². The molecule has 2 aliphatic carbocycles. The van der Waals surface area contributed by atoms with Gasteiger partial charge in [0.25, 0.3) is 0 Å². The third kappa shape index (κ3) is 9.87. The van der Waals surface area contributed by atoms with E-state index in [1.807, 2.05) is 121 Å². The molecule has 0 radical (unpaired) electrons. The number of hydrogen-bond donors (Lipinski definition) is 0. The van der Waals surface area contributed by atoms with Crippen LogP contribution < -0.4 is 0 Å². The van der Waals surface area contributed by atoms with E-state index in [-0.39, 0.29) is 21.7 Å². The van der Waals surface area contributed by atoms with Crippen LogP contribution in [0.4, 0.5) is 0 Å². The number of aromatic nitrogens is 6. The van der Waals surface area contributed by atoms with Gasteiger partial charge in [-0.1, -0.05) is 286 Å². The van der Waals surface area contributed by atoms with Crippen LogP contribution in [0.25, 0.3) is 157 Å². The van der Waals surface area contributed by atoms with E-state index < -0.39 is 0 Å². The standard InChI is InChI=1S/2C45H35N3O/c1-44(2)37-21-12-11-20-33(37)34-23-24-35-36-27-31(22-25-38(36)49-40(35)39(34)45(44,3)4)30-18-13-19-32(26-30)43-47-41(28-14-7-5-8-15-28)46-42(48-43)29-16-9-6-10-17-29;1-44(2)37-18-12-11-17-33(37)34-26-36-35-25-32(23-24-39(35)49-40(36)27-38(34)45(44,3)4)28-19-21-31(22-20-28)43-47-41(29-13-7-5-8-14-29)46-42(48-43)30-15-9-6-10-16-30/h2*5-27H,1-4H3. The first-order valence-corrected chi connectivity index (χ1v) is 33.7. The van der Waals surface area contributed by atoms with Crippen LogP contribution in [-0.4, -0.2) is 29.9 Å². The van der Waals surface area contributed by atoms with Gasteiger partial charge in [0.1, 0.15) is 22.3 Å². The smallest absolute Gasteiger partial charge is 0.164 e. The lowest BCUT2D eigenvalue weighted by molar-refractivity contribution is 0.299. The van der Waals surface area contributed by atoms with Crippen LogP contribution in [-0.2, 0) is 21.7 Å². The monoisotopic (exact) mass is 1270 g/mol. The summed E-state index contributed by atoms with van der Waals surface area (Å²) in [5.41, 5.74) is 24.1. The zero-order chi connectivity index (χ0) is 66.7. The van der Waals surface area contributed by atoms with Crippen molar-refractivity contribution in [3.63, 3.8) is 0 Å². The zero-order valence-electron chi connectivity index (χ0n) is 56.1. The predicted molar refractivity (Wildman–Crippen MR) is 401 cm³/mol. The van der Waals surface area contributed by atoms with Gasteiger partial charge in [-0.2, -0.15) is 0 Å². The van der Waals surface area contributed by atoms with Gasteiger partial charge in [-0.3, -0.25) is 0 Å². The molecule has 0 amide bonds. The minimum atomic E-state index is -0.150.